The number of hydrogen-bond acceptors (Lipinski definition) is 7. The van der Waals surface area contributed by atoms with Gasteiger partial charge in [-0.2, -0.15) is 22.6 Å². The molecule has 2 aromatic carbocycles. The van der Waals surface area contributed by atoms with Gasteiger partial charge in [-0.3, -0.25) is 9.48 Å². The molecule has 3 N–H and O–H groups in total. The monoisotopic (exact) mass is 653 g/mol. The molecule has 3 heterocycles. The van der Waals surface area contributed by atoms with Crippen molar-refractivity contribution in [1.29, 1.82) is 0 Å². The topological polar surface area (TPSA) is 128 Å². The van der Waals surface area contributed by atoms with Gasteiger partial charge in [0.2, 0.25) is 10.0 Å². The Morgan fingerprint density at radius 1 is 1.13 bits per heavy atom. The minimum absolute atomic E-state index is 0.0401. The van der Waals surface area contributed by atoms with Crippen molar-refractivity contribution in [3.63, 3.8) is 0 Å². The van der Waals surface area contributed by atoms with Crippen LogP contribution in [0, 0.1) is 11.7 Å². The summed E-state index contributed by atoms with van der Waals surface area (Å²) in [6.07, 6.45) is -3.36. The van der Waals surface area contributed by atoms with Gasteiger partial charge in [-0.15, -0.1) is 0 Å². The number of halogens is 4. The smallest absolute Gasteiger partial charge is 0.396 e. The number of benzene rings is 2. The molecule has 0 bridgehead atoms. The highest BCUT2D eigenvalue weighted by atomic mass is 32.2. The minimum Gasteiger partial charge on any atom is -0.396 e. The second-order valence-corrected chi connectivity index (χ2v) is 13.6. The van der Waals surface area contributed by atoms with Crippen molar-refractivity contribution in [2.24, 2.45) is 5.92 Å². The SMILES string of the molecule is CS(=O)(=O)N1CCc2c(c(-c3ccc(C(F)(F)F)c(CNC(=O)c4ccc(F)cc4)c3)nn2CC(O)CN2CC[C@H](CO)C2)C1. The van der Waals surface area contributed by atoms with E-state index in [1.807, 2.05) is 0 Å². The van der Waals surface area contributed by atoms with Crippen LogP contribution in [0.2, 0.25) is 0 Å². The van der Waals surface area contributed by atoms with Gasteiger partial charge >= 0.3 is 6.18 Å². The van der Waals surface area contributed by atoms with E-state index in [1.54, 1.807) is 4.68 Å². The van der Waals surface area contributed by atoms with E-state index in [1.165, 1.54) is 28.6 Å². The fourth-order valence-electron chi connectivity index (χ4n) is 5.96. The molecular formula is C30H35F4N5O5S. The zero-order valence-electron chi connectivity index (χ0n) is 24.6. The third kappa shape index (κ3) is 7.72. The first-order valence-electron chi connectivity index (χ1n) is 14.5. The number of sulfonamides is 1. The molecule has 0 aliphatic carbocycles. The molecule has 15 heteroatoms. The molecule has 0 spiro atoms. The number of aliphatic hydroxyl groups is 2. The van der Waals surface area contributed by atoms with E-state index in [9.17, 15) is 41.0 Å². The maximum absolute atomic E-state index is 14.0. The number of alkyl halides is 3. The zero-order valence-corrected chi connectivity index (χ0v) is 25.4. The number of carbonyl (C=O) groups is 1. The largest absolute Gasteiger partial charge is 0.416 e. The lowest BCUT2D eigenvalue weighted by Gasteiger charge is -2.26. The normalized spacial score (nSPS) is 18.6. The highest BCUT2D eigenvalue weighted by molar-refractivity contribution is 7.88. The number of nitrogens with zero attached hydrogens (tertiary/aromatic N) is 4. The Labute approximate surface area is 258 Å². The van der Waals surface area contributed by atoms with Gasteiger partial charge in [-0.25, -0.2) is 12.8 Å². The summed E-state index contributed by atoms with van der Waals surface area (Å²) in [6, 6.07) is 8.03. The third-order valence-electron chi connectivity index (χ3n) is 8.28. The maximum atomic E-state index is 14.0. The van der Waals surface area contributed by atoms with Crippen molar-refractivity contribution in [2.45, 2.75) is 44.8 Å². The summed E-state index contributed by atoms with van der Waals surface area (Å²) in [5.41, 5.74) is 0.673. The summed E-state index contributed by atoms with van der Waals surface area (Å²) in [7, 11) is -3.59. The molecule has 1 fully saturated rings. The van der Waals surface area contributed by atoms with Gasteiger partial charge in [0.05, 0.1) is 30.2 Å². The van der Waals surface area contributed by atoms with Crippen LogP contribution in [0.1, 0.15) is 39.2 Å². The summed E-state index contributed by atoms with van der Waals surface area (Å²) < 4.78 is 83.0. The van der Waals surface area contributed by atoms with Gasteiger partial charge in [0.1, 0.15) is 5.82 Å². The molecule has 3 aromatic rings. The molecule has 0 radical (unpaired) electrons. The summed E-state index contributed by atoms with van der Waals surface area (Å²) in [4.78, 5) is 14.7. The van der Waals surface area contributed by atoms with Crippen LogP contribution in [0.5, 0.6) is 0 Å². The summed E-state index contributed by atoms with van der Waals surface area (Å²) in [5.74, 6) is -1.09. The second kappa shape index (κ2) is 13.2. The number of rotatable bonds is 10. The van der Waals surface area contributed by atoms with E-state index >= 15 is 0 Å². The first kappa shape index (κ1) is 33.0. The summed E-state index contributed by atoms with van der Waals surface area (Å²) >= 11 is 0. The van der Waals surface area contributed by atoms with Crippen molar-refractivity contribution in [3.8, 4) is 11.3 Å². The molecule has 1 aromatic heterocycles. The predicted octanol–water partition coefficient (Wildman–Crippen LogP) is 2.63. The van der Waals surface area contributed by atoms with Crippen molar-refractivity contribution < 1.29 is 41.0 Å². The molecule has 2 atom stereocenters. The van der Waals surface area contributed by atoms with Crippen molar-refractivity contribution in [3.05, 3.63) is 76.2 Å². The second-order valence-electron chi connectivity index (χ2n) is 11.6. The highest BCUT2D eigenvalue weighted by Crippen LogP contribution is 2.37. The van der Waals surface area contributed by atoms with Gasteiger partial charge in [0.25, 0.3) is 5.91 Å². The first-order valence-corrected chi connectivity index (χ1v) is 16.4. The minimum atomic E-state index is -4.73. The van der Waals surface area contributed by atoms with Crippen molar-refractivity contribution >= 4 is 15.9 Å². The van der Waals surface area contributed by atoms with Crippen LogP contribution in [0.4, 0.5) is 17.6 Å². The van der Waals surface area contributed by atoms with Crippen molar-refractivity contribution in [1.82, 2.24) is 24.3 Å². The lowest BCUT2D eigenvalue weighted by molar-refractivity contribution is -0.138. The maximum Gasteiger partial charge on any atom is 0.416 e. The Morgan fingerprint density at radius 2 is 1.87 bits per heavy atom. The number of hydrogen-bond donors (Lipinski definition) is 3. The van der Waals surface area contributed by atoms with E-state index in [0.29, 0.717) is 36.3 Å². The molecule has 1 unspecified atom stereocenters. The number of likely N-dealkylation sites (tertiary alicyclic amines) is 1. The average molecular weight is 654 g/mol. The summed E-state index contributed by atoms with van der Waals surface area (Å²) in [5, 5.41) is 27.5. The van der Waals surface area contributed by atoms with E-state index < -0.39 is 46.1 Å². The standard InChI is InChI=1S/C30H35F4N5O5S/c1-45(43,44)38-11-9-27-25(17-38)28(36-39(27)16-24(41)15-37-10-8-19(14-37)18-40)21-4-7-26(30(32,33)34)22(12-21)13-35-29(42)20-2-5-23(31)6-3-20/h2-7,12,19,24,40-41H,8-11,13-18H2,1H3,(H,35,42)/t19-,24?/m0/s1. The molecule has 2 aliphatic heterocycles. The van der Waals surface area contributed by atoms with E-state index in [4.69, 9.17) is 0 Å². The zero-order chi connectivity index (χ0) is 32.5. The molecule has 0 saturated carbocycles. The van der Waals surface area contributed by atoms with Crippen LogP contribution in [-0.4, -0.2) is 88.7 Å². The third-order valence-corrected chi connectivity index (χ3v) is 9.53. The van der Waals surface area contributed by atoms with Crippen LogP contribution in [0.3, 0.4) is 0 Å². The molecule has 2 aliphatic rings. The fourth-order valence-corrected chi connectivity index (χ4v) is 6.74. The molecule has 45 heavy (non-hydrogen) atoms. The Bertz CT molecular complexity index is 1650. The number of β-amino-alcohol motifs (C(OH)–C–C–N with tert-alkyl or cyclic N) is 1. The predicted molar refractivity (Wildman–Crippen MR) is 157 cm³/mol. The Balaban J connectivity index is 1.46. The van der Waals surface area contributed by atoms with Gasteiger partial charge in [0, 0.05) is 68.1 Å². The number of fused-ring (bicyclic) bond motifs is 1. The molecule has 5 rings (SSSR count). The fraction of sp³-hybridized carbons (Fsp3) is 0.467. The number of amides is 1. The summed E-state index contributed by atoms with van der Waals surface area (Å²) in [6.45, 7) is 1.56. The quantitative estimate of drug-likeness (QED) is 0.287. The molecule has 10 nitrogen and oxygen atoms in total. The molecule has 1 saturated heterocycles. The molecule has 244 valence electrons. The molecular weight excluding hydrogens is 618 g/mol. The molecule has 1 amide bonds. The number of nitrogens with one attached hydrogen (secondary N) is 1. The Morgan fingerprint density at radius 3 is 2.51 bits per heavy atom. The van der Waals surface area contributed by atoms with Crippen LogP contribution >= 0.6 is 0 Å². The van der Waals surface area contributed by atoms with E-state index in [2.05, 4.69) is 15.3 Å². The van der Waals surface area contributed by atoms with Crippen LogP contribution in [-0.2, 0) is 42.3 Å². The Hall–Kier alpha value is -3.37. The number of carbonyl (C=O) groups excluding carboxylic acids is 1. The average Bonchev–Trinajstić information content (AvgIpc) is 3.59. The van der Waals surface area contributed by atoms with E-state index in [0.717, 1.165) is 37.4 Å². The van der Waals surface area contributed by atoms with Crippen LogP contribution in [0.25, 0.3) is 11.3 Å². The first-order chi connectivity index (χ1) is 21.2. The number of aliphatic hydroxyl groups excluding tert-OH is 2. The van der Waals surface area contributed by atoms with Crippen LogP contribution < -0.4 is 5.32 Å². The highest BCUT2D eigenvalue weighted by Gasteiger charge is 2.35. The van der Waals surface area contributed by atoms with Crippen LogP contribution in [0.15, 0.2) is 42.5 Å². The van der Waals surface area contributed by atoms with Gasteiger partial charge in [-0.05, 0) is 60.8 Å². The lowest BCUT2D eigenvalue weighted by Crippen LogP contribution is -2.37. The van der Waals surface area contributed by atoms with Gasteiger partial charge < -0.3 is 20.4 Å². The van der Waals surface area contributed by atoms with Crippen molar-refractivity contribution in [2.75, 3.05) is 39.0 Å². The van der Waals surface area contributed by atoms with Gasteiger partial charge in [-0.1, -0.05) is 6.07 Å². The number of aromatic nitrogens is 2. The lowest BCUT2D eigenvalue weighted by atomic mass is 9.97. The van der Waals surface area contributed by atoms with E-state index in [-0.39, 0.29) is 49.0 Å². The Kier molecular flexibility index (Phi) is 9.65. The van der Waals surface area contributed by atoms with Gasteiger partial charge in [0.15, 0.2) is 0 Å².